The second-order valence-corrected chi connectivity index (χ2v) is 5.83. The van der Waals surface area contributed by atoms with E-state index >= 15 is 0 Å². The van der Waals surface area contributed by atoms with Gasteiger partial charge in [-0.3, -0.25) is 0 Å². The maximum atomic E-state index is 13.6. The largest absolute Gasteiger partial charge is 0.494 e. The number of unbranched alkanes of at least 4 members (excludes halogenated alkanes) is 1. The fraction of sp³-hybridized carbons (Fsp3) is 0.316. The van der Waals surface area contributed by atoms with Crippen LogP contribution in [0, 0.1) is 17.5 Å². The standard InChI is InChI=1S/C19H21F3N2O2/c1-24(13-14-4-5-16(21)12-18(14)22)19(25)23-10-2-3-11-26-17-8-6-15(20)7-9-17/h4-9,12H,2-3,10-11,13H2,1H3,(H,23,25). The van der Waals surface area contributed by atoms with Crippen LogP contribution >= 0.6 is 0 Å². The van der Waals surface area contributed by atoms with E-state index in [9.17, 15) is 18.0 Å². The zero-order chi connectivity index (χ0) is 18.9. The normalized spacial score (nSPS) is 10.5. The monoisotopic (exact) mass is 366 g/mol. The van der Waals surface area contributed by atoms with E-state index in [0.29, 0.717) is 31.7 Å². The molecule has 2 aromatic rings. The molecule has 7 heteroatoms. The van der Waals surface area contributed by atoms with Crippen molar-refractivity contribution < 1.29 is 22.7 Å². The number of nitrogens with one attached hydrogen (secondary N) is 1. The Hall–Kier alpha value is -2.70. The number of halogens is 3. The van der Waals surface area contributed by atoms with Crippen molar-refractivity contribution in [3.8, 4) is 5.75 Å². The van der Waals surface area contributed by atoms with Gasteiger partial charge >= 0.3 is 6.03 Å². The van der Waals surface area contributed by atoms with E-state index in [0.717, 1.165) is 12.1 Å². The lowest BCUT2D eigenvalue weighted by Gasteiger charge is -2.18. The summed E-state index contributed by atoms with van der Waals surface area (Å²) in [4.78, 5) is 13.3. The Bertz CT molecular complexity index is 723. The molecule has 1 N–H and O–H groups in total. The van der Waals surface area contributed by atoms with Gasteiger partial charge in [0.1, 0.15) is 23.2 Å². The lowest BCUT2D eigenvalue weighted by atomic mass is 10.2. The van der Waals surface area contributed by atoms with Gasteiger partial charge in [-0.2, -0.15) is 0 Å². The van der Waals surface area contributed by atoms with Crippen LogP contribution in [-0.4, -0.2) is 31.1 Å². The maximum Gasteiger partial charge on any atom is 0.317 e. The van der Waals surface area contributed by atoms with E-state index < -0.39 is 11.6 Å². The fourth-order valence-corrected chi connectivity index (χ4v) is 2.26. The van der Waals surface area contributed by atoms with Crippen LogP contribution in [0.25, 0.3) is 0 Å². The zero-order valence-corrected chi connectivity index (χ0v) is 14.5. The van der Waals surface area contributed by atoms with Crippen molar-refractivity contribution in [3.05, 3.63) is 65.5 Å². The third kappa shape index (κ3) is 6.31. The number of rotatable bonds is 8. The van der Waals surface area contributed by atoms with Crippen molar-refractivity contribution in [1.29, 1.82) is 0 Å². The minimum atomic E-state index is -0.678. The minimum Gasteiger partial charge on any atom is -0.494 e. The van der Waals surface area contributed by atoms with E-state index in [-0.39, 0.29) is 24.0 Å². The molecule has 26 heavy (non-hydrogen) atoms. The molecule has 2 aromatic carbocycles. The molecule has 0 aliphatic rings. The van der Waals surface area contributed by atoms with Crippen molar-refractivity contribution >= 4 is 6.03 Å². The molecule has 0 atom stereocenters. The number of benzene rings is 2. The van der Waals surface area contributed by atoms with Gasteiger partial charge in [-0.1, -0.05) is 6.07 Å². The van der Waals surface area contributed by atoms with Crippen molar-refractivity contribution in [3.63, 3.8) is 0 Å². The quantitative estimate of drug-likeness (QED) is 0.715. The second kappa shape index (κ2) is 9.70. The summed E-state index contributed by atoms with van der Waals surface area (Å²) in [5.74, 6) is -1.05. The highest BCUT2D eigenvalue weighted by atomic mass is 19.1. The van der Waals surface area contributed by atoms with Gasteiger partial charge in [-0.05, 0) is 43.2 Å². The third-order valence-corrected chi connectivity index (χ3v) is 3.70. The molecule has 140 valence electrons. The van der Waals surface area contributed by atoms with Gasteiger partial charge in [0.25, 0.3) is 0 Å². The first kappa shape index (κ1) is 19.6. The van der Waals surface area contributed by atoms with Crippen molar-refractivity contribution in [2.45, 2.75) is 19.4 Å². The predicted octanol–water partition coefficient (Wildman–Crippen LogP) is 4.10. The van der Waals surface area contributed by atoms with Gasteiger partial charge in [0.05, 0.1) is 6.61 Å². The minimum absolute atomic E-state index is 0.0472. The maximum absolute atomic E-state index is 13.6. The molecular weight excluding hydrogens is 345 g/mol. The van der Waals surface area contributed by atoms with Crippen LogP contribution in [0.3, 0.4) is 0 Å². The van der Waals surface area contributed by atoms with Crippen LogP contribution in [0.4, 0.5) is 18.0 Å². The first-order chi connectivity index (χ1) is 12.5. The second-order valence-electron chi connectivity index (χ2n) is 5.83. The third-order valence-electron chi connectivity index (χ3n) is 3.70. The summed E-state index contributed by atoms with van der Waals surface area (Å²) >= 11 is 0. The average molecular weight is 366 g/mol. The highest BCUT2D eigenvalue weighted by Crippen LogP contribution is 2.12. The summed E-state index contributed by atoms with van der Waals surface area (Å²) in [5, 5.41) is 2.72. The molecule has 0 unspecified atom stereocenters. The number of carbonyl (C=O) groups excluding carboxylic acids is 1. The van der Waals surface area contributed by atoms with E-state index in [4.69, 9.17) is 4.74 Å². The Balaban J connectivity index is 1.62. The summed E-state index contributed by atoms with van der Waals surface area (Å²) in [7, 11) is 1.54. The first-order valence-electron chi connectivity index (χ1n) is 8.27. The first-order valence-corrected chi connectivity index (χ1v) is 8.27. The molecule has 0 radical (unpaired) electrons. The Morgan fingerprint density at radius 2 is 1.73 bits per heavy atom. The molecule has 4 nitrogen and oxygen atoms in total. The fourth-order valence-electron chi connectivity index (χ4n) is 2.26. The molecule has 0 aliphatic heterocycles. The van der Waals surface area contributed by atoms with E-state index in [1.54, 1.807) is 12.1 Å². The number of amides is 2. The molecule has 2 rings (SSSR count). The van der Waals surface area contributed by atoms with E-state index in [1.807, 2.05) is 0 Å². The molecule has 0 saturated carbocycles. The van der Waals surface area contributed by atoms with Crippen LogP contribution in [0.2, 0.25) is 0 Å². The van der Waals surface area contributed by atoms with Crippen LogP contribution in [0.1, 0.15) is 18.4 Å². The van der Waals surface area contributed by atoms with Gasteiger partial charge < -0.3 is 15.0 Å². The Kier molecular flexibility index (Phi) is 7.32. The molecule has 0 spiro atoms. The molecular formula is C19H21F3N2O2. The summed E-state index contributed by atoms with van der Waals surface area (Å²) in [6, 6.07) is 8.70. The number of nitrogens with zero attached hydrogens (tertiary/aromatic N) is 1. The smallest absolute Gasteiger partial charge is 0.317 e. The highest BCUT2D eigenvalue weighted by Gasteiger charge is 2.11. The molecule has 0 aliphatic carbocycles. The van der Waals surface area contributed by atoms with Gasteiger partial charge in [0.2, 0.25) is 0 Å². The van der Waals surface area contributed by atoms with Crippen LogP contribution in [-0.2, 0) is 6.54 Å². The number of urea groups is 1. The molecule has 2 amide bonds. The number of ether oxygens (including phenoxy) is 1. The predicted molar refractivity (Wildman–Crippen MR) is 92.4 cm³/mol. The molecule has 0 fully saturated rings. The number of hydrogen-bond acceptors (Lipinski definition) is 2. The topological polar surface area (TPSA) is 41.6 Å². The molecule has 0 saturated heterocycles. The van der Waals surface area contributed by atoms with Gasteiger partial charge in [0.15, 0.2) is 0 Å². The lowest BCUT2D eigenvalue weighted by molar-refractivity contribution is 0.205. The Morgan fingerprint density at radius 1 is 1.04 bits per heavy atom. The van der Waals surface area contributed by atoms with Crippen LogP contribution in [0.5, 0.6) is 5.75 Å². The molecule has 0 aromatic heterocycles. The summed E-state index contributed by atoms with van der Waals surface area (Å²) in [6.07, 6.45) is 1.42. The molecule has 0 heterocycles. The van der Waals surface area contributed by atoms with Crippen LogP contribution in [0.15, 0.2) is 42.5 Å². The van der Waals surface area contributed by atoms with Crippen LogP contribution < -0.4 is 10.1 Å². The van der Waals surface area contributed by atoms with E-state index in [2.05, 4.69) is 5.32 Å². The van der Waals surface area contributed by atoms with Crippen molar-refractivity contribution in [2.24, 2.45) is 0 Å². The zero-order valence-electron chi connectivity index (χ0n) is 14.5. The lowest BCUT2D eigenvalue weighted by Crippen LogP contribution is -2.37. The highest BCUT2D eigenvalue weighted by molar-refractivity contribution is 5.73. The summed E-state index contributed by atoms with van der Waals surface area (Å²) in [6.45, 7) is 0.950. The Labute approximate surface area is 150 Å². The summed E-state index contributed by atoms with van der Waals surface area (Å²) in [5.41, 5.74) is 0.247. The average Bonchev–Trinajstić information content (AvgIpc) is 2.61. The summed E-state index contributed by atoms with van der Waals surface area (Å²) < 4.78 is 44.7. The van der Waals surface area contributed by atoms with Gasteiger partial charge in [0, 0.05) is 31.8 Å². The van der Waals surface area contributed by atoms with E-state index in [1.165, 1.54) is 30.1 Å². The van der Waals surface area contributed by atoms with Crippen molar-refractivity contribution in [1.82, 2.24) is 10.2 Å². The van der Waals surface area contributed by atoms with Gasteiger partial charge in [-0.15, -0.1) is 0 Å². The Morgan fingerprint density at radius 3 is 2.42 bits per heavy atom. The molecule has 0 bridgehead atoms. The number of carbonyl (C=O) groups is 1. The van der Waals surface area contributed by atoms with Crippen molar-refractivity contribution in [2.75, 3.05) is 20.2 Å². The SMILES string of the molecule is CN(Cc1ccc(F)cc1F)C(=O)NCCCCOc1ccc(F)cc1. The number of hydrogen-bond donors (Lipinski definition) is 1. The van der Waals surface area contributed by atoms with Gasteiger partial charge in [-0.25, -0.2) is 18.0 Å².